The van der Waals surface area contributed by atoms with E-state index in [9.17, 15) is 22.0 Å². The Hall–Kier alpha value is -2.76. The molecule has 0 aliphatic carbocycles. The Morgan fingerprint density at radius 3 is 2.60 bits per heavy atom. The van der Waals surface area contributed by atoms with Crippen LogP contribution >= 0.6 is 0 Å². The summed E-state index contributed by atoms with van der Waals surface area (Å²) in [6.07, 6.45) is 0. The van der Waals surface area contributed by atoms with Gasteiger partial charge in [0.05, 0.1) is 12.1 Å². The van der Waals surface area contributed by atoms with Crippen molar-refractivity contribution in [2.45, 2.75) is 4.90 Å². The Kier molecular flexibility index (Phi) is 5.85. The molecule has 2 N–H and O–H groups in total. The zero-order chi connectivity index (χ0) is 18.4. The van der Waals surface area contributed by atoms with Gasteiger partial charge in [-0.2, -0.15) is 4.72 Å². The summed E-state index contributed by atoms with van der Waals surface area (Å²) in [6, 6.07) is 8.69. The lowest BCUT2D eigenvalue weighted by molar-refractivity contribution is 0.0963. The fourth-order valence-electron chi connectivity index (χ4n) is 1.96. The summed E-state index contributed by atoms with van der Waals surface area (Å²) in [5.41, 5.74) is 0.759. The molecule has 25 heavy (non-hydrogen) atoms. The molecule has 2 rings (SSSR count). The van der Waals surface area contributed by atoms with E-state index in [2.05, 4.69) is 21.9 Å². The van der Waals surface area contributed by atoms with Gasteiger partial charge in [0.25, 0.3) is 5.91 Å². The zero-order valence-corrected chi connectivity index (χ0v) is 14.0. The van der Waals surface area contributed by atoms with Crippen molar-refractivity contribution in [3.8, 4) is 11.8 Å². The summed E-state index contributed by atoms with van der Waals surface area (Å²) in [5, 5.41) is 2.47. The summed E-state index contributed by atoms with van der Waals surface area (Å²) in [7, 11) is -2.77. The molecular weight excluding hydrogens is 350 g/mol. The Balaban J connectivity index is 2.16. The highest BCUT2D eigenvalue weighted by Gasteiger charge is 2.19. The summed E-state index contributed by atoms with van der Waals surface area (Å²) in [5.74, 6) is 2.96. The van der Waals surface area contributed by atoms with Crippen molar-refractivity contribution in [2.75, 3.05) is 13.6 Å². The molecule has 2 aromatic rings. The lowest BCUT2D eigenvalue weighted by atomic mass is 10.1. The first-order valence-corrected chi connectivity index (χ1v) is 8.58. The number of amides is 1. The molecule has 2 aromatic carbocycles. The molecular formula is C17H14F2N2O3S. The molecule has 0 spiro atoms. The molecule has 0 aliphatic rings. The van der Waals surface area contributed by atoms with Gasteiger partial charge in [0, 0.05) is 12.6 Å². The van der Waals surface area contributed by atoms with E-state index in [4.69, 9.17) is 0 Å². The third-order valence-electron chi connectivity index (χ3n) is 3.16. The maximum absolute atomic E-state index is 13.6. The van der Waals surface area contributed by atoms with Crippen LogP contribution < -0.4 is 10.0 Å². The maximum atomic E-state index is 13.6. The number of carbonyl (C=O) groups is 1. The highest BCUT2D eigenvalue weighted by Crippen LogP contribution is 2.15. The minimum Gasteiger partial charge on any atom is -0.355 e. The van der Waals surface area contributed by atoms with E-state index in [1.54, 1.807) is 24.3 Å². The topological polar surface area (TPSA) is 75.3 Å². The van der Waals surface area contributed by atoms with E-state index >= 15 is 0 Å². The van der Waals surface area contributed by atoms with E-state index in [1.165, 1.54) is 7.05 Å². The largest absolute Gasteiger partial charge is 0.355 e. The molecule has 8 heteroatoms. The van der Waals surface area contributed by atoms with Gasteiger partial charge >= 0.3 is 0 Å². The SMILES string of the molecule is CNC(=O)c1ccccc1C#CCNS(=O)(=O)c1cc(F)ccc1F. The number of hydrogen-bond donors (Lipinski definition) is 2. The lowest BCUT2D eigenvalue weighted by Crippen LogP contribution is -2.25. The Labute approximate surface area is 144 Å². The molecule has 0 saturated heterocycles. The minimum atomic E-state index is -4.25. The maximum Gasteiger partial charge on any atom is 0.252 e. The average molecular weight is 364 g/mol. The van der Waals surface area contributed by atoms with Crippen molar-refractivity contribution in [1.82, 2.24) is 10.0 Å². The number of rotatable bonds is 4. The predicted molar refractivity (Wildman–Crippen MR) is 88.3 cm³/mol. The summed E-state index contributed by atoms with van der Waals surface area (Å²) >= 11 is 0. The zero-order valence-electron chi connectivity index (χ0n) is 13.1. The van der Waals surface area contributed by atoms with Gasteiger partial charge in [0.2, 0.25) is 10.0 Å². The van der Waals surface area contributed by atoms with Gasteiger partial charge < -0.3 is 5.32 Å². The average Bonchev–Trinajstić information content (AvgIpc) is 2.60. The number of hydrogen-bond acceptors (Lipinski definition) is 3. The van der Waals surface area contributed by atoms with Crippen LogP contribution in [-0.2, 0) is 10.0 Å². The number of nitrogens with one attached hydrogen (secondary N) is 2. The van der Waals surface area contributed by atoms with Crippen LogP contribution in [0.3, 0.4) is 0 Å². The van der Waals surface area contributed by atoms with Gasteiger partial charge in [-0.25, -0.2) is 17.2 Å². The van der Waals surface area contributed by atoms with E-state index < -0.39 is 26.6 Å². The first-order valence-electron chi connectivity index (χ1n) is 7.10. The fraction of sp³-hybridized carbons (Fsp3) is 0.118. The Bertz CT molecular complexity index is 963. The smallest absolute Gasteiger partial charge is 0.252 e. The van der Waals surface area contributed by atoms with Crippen LogP contribution in [0.2, 0.25) is 0 Å². The third-order valence-corrected chi connectivity index (χ3v) is 4.57. The van der Waals surface area contributed by atoms with Gasteiger partial charge in [0.1, 0.15) is 16.5 Å². The van der Waals surface area contributed by atoms with Crippen LogP contribution in [0, 0.1) is 23.5 Å². The van der Waals surface area contributed by atoms with Crippen LogP contribution in [0.5, 0.6) is 0 Å². The molecule has 0 aliphatic heterocycles. The number of sulfonamides is 1. The molecule has 0 saturated carbocycles. The molecule has 0 bridgehead atoms. The van der Waals surface area contributed by atoms with Crippen molar-refractivity contribution in [1.29, 1.82) is 0 Å². The second-order valence-corrected chi connectivity index (χ2v) is 6.56. The Morgan fingerprint density at radius 1 is 1.16 bits per heavy atom. The van der Waals surface area contributed by atoms with Gasteiger partial charge in [-0.05, 0) is 30.3 Å². The molecule has 5 nitrogen and oxygen atoms in total. The van der Waals surface area contributed by atoms with Crippen LogP contribution in [0.15, 0.2) is 47.4 Å². The molecule has 130 valence electrons. The van der Waals surface area contributed by atoms with Crippen molar-refractivity contribution < 1.29 is 22.0 Å². The van der Waals surface area contributed by atoms with Crippen molar-refractivity contribution in [2.24, 2.45) is 0 Å². The molecule has 0 aromatic heterocycles. The molecule has 0 fully saturated rings. The summed E-state index contributed by atoms with van der Waals surface area (Å²) in [4.78, 5) is 10.9. The third kappa shape index (κ3) is 4.62. The first-order chi connectivity index (χ1) is 11.8. The summed E-state index contributed by atoms with van der Waals surface area (Å²) < 4.78 is 52.7. The highest BCUT2D eigenvalue weighted by atomic mass is 32.2. The van der Waals surface area contributed by atoms with E-state index in [0.29, 0.717) is 17.2 Å². The number of halogens is 2. The normalized spacial score (nSPS) is 10.7. The fourth-order valence-corrected chi connectivity index (χ4v) is 2.97. The molecule has 0 radical (unpaired) electrons. The van der Waals surface area contributed by atoms with Crippen LogP contribution in [0.25, 0.3) is 0 Å². The second kappa shape index (κ2) is 7.88. The first kappa shape index (κ1) is 18.6. The van der Waals surface area contributed by atoms with Gasteiger partial charge in [-0.1, -0.05) is 24.0 Å². The predicted octanol–water partition coefficient (Wildman–Crippen LogP) is 1.65. The van der Waals surface area contributed by atoms with E-state index in [1.807, 2.05) is 0 Å². The van der Waals surface area contributed by atoms with Crippen LogP contribution in [0.4, 0.5) is 8.78 Å². The molecule has 1 amide bonds. The molecule has 0 atom stereocenters. The van der Waals surface area contributed by atoms with Crippen molar-refractivity contribution >= 4 is 15.9 Å². The van der Waals surface area contributed by atoms with Gasteiger partial charge in [0.15, 0.2) is 0 Å². The minimum absolute atomic E-state index is 0.327. The molecule has 0 unspecified atom stereocenters. The lowest BCUT2D eigenvalue weighted by Gasteiger charge is -2.05. The second-order valence-electron chi connectivity index (χ2n) is 4.83. The summed E-state index contributed by atoms with van der Waals surface area (Å²) in [6.45, 7) is -0.333. The molecule has 0 heterocycles. The number of benzene rings is 2. The van der Waals surface area contributed by atoms with E-state index in [0.717, 1.165) is 12.1 Å². The van der Waals surface area contributed by atoms with E-state index in [-0.39, 0.29) is 12.5 Å². The quantitative estimate of drug-likeness (QED) is 0.810. The van der Waals surface area contributed by atoms with Gasteiger partial charge in [-0.15, -0.1) is 0 Å². The van der Waals surface area contributed by atoms with Crippen LogP contribution in [-0.4, -0.2) is 27.9 Å². The van der Waals surface area contributed by atoms with Gasteiger partial charge in [-0.3, -0.25) is 4.79 Å². The monoisotopic (exact) mass is 364 g/mol. The van der Waals surface area contributed by atoms with Crippen molar-refractivity contribution in [3.05, 3.63) is 65.2 Å². The standard InChI is InChI=1S/C17H14F2N2O3S/c1-20-17(22)14-7-3-2-5-12(14)6-4-10-21-25(23,24)16-11-13(18)8-9-15(16)19/h2-3,5,7-9,11,21H,10H2,1H3,(H,20,22). The Morgan fingerprint density at radius 2 is 1.88 bits per heavy atom. The van der Waals surface area contributed by atoms with Crippen LogP contribution in [0.1, 0.15) is 15.9 Å². The number of carbonyl (C=O) groups excluding carboxylic acids is 1. The highest BCUT2D eigenvalue weighted by molar-refractivity contribution is 7.89. The van der Waals surface area contributed by atoms with Crippen molar-refractivity contribution in [3.63, 3.8) is 0 Å².